The first-order valence-electron chi connectivity index (χ1n) is 9.01. The molecule has 0 saturated heterocycles. The molecular weight excluding hydrogens is 352 g/mol. The minimum Gasteiger partial charge on any atom is -0.341 e. The van der Waals surface area contributed by atoms with Gasteiger partial charge in [0.05, 0.1) is 0 Å². The number of anilines is 2. The van der Waals surface area contributed by atoms with E-state index in [0.717, 1.165) is 17.7 Å². The van der Waals surface area contributed by atoms with E-state index in [-0.39, 0.29) is 11.7 Å². The maximum atomic E-state index is 12.7. The van der Waals surface area contributed by atoms with Crippen LogP contribution in [-0.2, 0) is 6.42 Å². The second kappa shape index (κ2) is 8.90. The van der Waals surface area contributed by atoms with Crippen molar-refractivity contribution < 1.29 is 9.59 Å². The van der Waals surface area contributed by atoms with E-state index in [1.54, 1.807) is 60.9 Å². The Hall–Kier alpha value is -3.54. The predicted molar refractivity (Wildman–Crippen MR) is 109 cm³/mol. The molecule has 0 aliphatic rings. The number of hydrogen-bond donors (Lipinski definition) is 1. The van der Waals surface area contributed by atoms with Crippen LogP contribution in [0.25, 0.3) is 0 Å². The van der Waals surface area contributed by atoms with Crippen LogP contribution in [0.1, 0.15) is 33.2 Å². The van der Waals surface area contributed by atoms with Crippen molar-refractivity contribution in [3.8, 4) is 0 Å². The molecule has 0 radical (unpaired) electrons. The first-order chi connectivity index (χ1) is 13.5. The number of carbonyl (C=O) groups is 2. The van der Waals surface area contributed by atoms with Crippen LogP contribution >= 0.6 is 0 Å². The summed E-state index contributed by atoms with van der Waals surface area (Å²) in [5.74, 6) is 0.474. The number of carbonyl (C=O) groups excluding carboxylic acids is 2. The summed E-state index contributed by atoms with van der Waals surface area (Å²) in [6.07, 6.45) is 5.86. The fourth-order valence-electron chi connectivity index (χ4n) is 2.76. The lowest BCUT2D eigenvalue weighted by atomic mass is 10.1. The van der Waals surface area contributed by atoms with Crippen LogP contribution in [0, 0.1) is 0 Å². The molecule has 28 heavy (non-hydrogen) atoms. The summed E-state index contributed by atoms with van der Waals surface area (Å²) in [6.45, 7) is 2.13. The fourth-order valence-corrected chi connectivity index (χ4v) is 2.76. The number of aromatic nitrogens is 2. The normalized spacial score (nSPS) is 10.4. The molecule has 3 aromatic rings. The Balaban J connectivity index is 1.67. The Labute approximate surface area is 164 Å². The first-order valence-corrected chi connectivity index (χ1v) is 9.01. The summed E-state index contributed by atoms with van der Waals surface area (Å²) in [5.41, 5.74) is 3.05. The molecule has 0 fully saturated rings. The highest BCUT2D eigenvalue weighted by Gasteiger charge is 2.13. The molecule has 2 heterocycles. The Morgan fingerprint density at radius 2 is 1.79 bits per heavy atom. The summed E-state index contributed by atoms with van der Waals surface area (Å²) < 4.78 is 0. The number of pyridine rings is 2. The molecule has 0 bridgehead atoms. The molecule has 2 aromatic heterocycles. The lowest BCUT2D eigenvalue weighted by Crippen LogP contribution is -2.28. The topological polar surface area (TPSA) is 75.2 Å². The van der Waals surface area contributed by atoms with Crippen molar-refractivity contribution in [2.75, 3.05) is 18.9 Å². The molecular formula is C22H22N4O2. The van der Waals surface area contributed by atoms with Gasteiger partial charge in [-0.05, 0) is 55.3 Å². The SMILES string of the molecule is CC(=O)c1cccc(Nc2cc(C(=O)N(C)CCc3ccncc3)ccn2)c1. The number of rotatable bonds is 7. The third kappa shape index (κ3) is 5.01. The zero-order valence-corrected chi connectivity index (χ0v) is 15.9. The van der Waals surface area contributed by atoms with E-state index in [2.05, 4.69) is 15.3 Å². The van der Waals surface area contributed by atoms with E-state index in [4.69, 9.17) is 0 Å². The Morgan fingerprint density at radius 3 is 2.54 bits per heavy atom. The number of benzene rings is 1. The Kier molecular flexibility index (Phi) is 6.11. The van der Waals surface area contributed by atoms with Gasteiger partial charge in [0, 0.05) is 49.0 Å². The van der Waals surface area contributed by atoms with Gasteiger partial charge in [-0.1, -0.05) is 12.1 Å². The van der Waals surface area contributed by atoms with Gasteiger partial charge >= 0.3 is 0 Å². The quantitative estimate of drug-likeness (QED) is 0.638. The standard InChI is InChI=1S/C22H22N4O2/c1-16(27)18-4-3-5-20(14-18)25-21-15-19(8-12-24-21)22(28)26(2)13-9-17-6-10-23-11-7-17/h3-8,10-12,14-15H,9,13H2,1-2H3,(H,24,25). The number of nitrogens with one attached hydrogen (secondary N) is 1. The van der Waals surface area contributed by atoms with E-state index in [0.29, 0.717) is 23.5 Å². The van der Waals surface area contributed by atoms with Gasteiger partial charge in [0.15, 0.2) is 5.78 Å². The van der Waals surface area contributed by atoms with Gasteiger partial charge in [0.25, 0.3) is 5.91 Å². The summed E-state index contributed by atoms with van der Waals surface area (Å²) in [7, 11) is 1.79. The van der Waals surface area contributed by atoms with Crippen molar-refractivity contribution in [2.45, 2.75) is 13.3 Å². The van der Waals surface area contributed by atoms with Crippen molar-refractivity contribution in [1.29, 1.82) is 0 Å². The minimum absolute atomic E-state index is 0.00337. The van der Waals surface area contributed by atoms with Gasteiger partial charge in [-0.15, -0.1) is 0 Å². The van der Waals surface area contributed by atoms with E-state index in [9.17, 15) is 9.59 Å². The molecule has 6 nitrogen and oxygen atoms in total. The van der Waals surface area contributed by atoms with Gasteiger partial charge in [-0.3, -0.25) is 14.6 Å². The van der Waals surface area contributed by atoms with Gasteiger partial charge in [0.1, 0.15) is 5.82 Å². The smallest absolute Gasteiger partial charge is 0.253 e. The van der Waals surface area contributed by atoms with E-state index < -0.39 is 0 Å². The summed E-state index contributed by atoms with van der Waals surface area (Å²) in [6, 6.07) is 14.5. The molecule has 0 aliphatic heterocycles. The zero-order valence-electron chi connectivity index (χ0n) is 15.9. The number of Topliss-reactive ketones (excluding diaryl/α,β-unsaturated/α-hetero) is 1. The molecule has 0 atom stereocenters. The number of ketones is 1. The summed E-state index contributed by atoms with van der Waals surface area (Å²) >= 11 is 0. The van der Waals surface area contributed by atoms with E-state index >= 15 is 0 Å². The first kappa shape index (κ1) is 19.2. The minimum atomic E-state index is -0.0722. The highest BCUT2D eigenvalue weighted by molar-refractivity contribution is 5.96. The summed E-state index contributed by atoms with van der Waals surface area (Å²) in [5, 5.41) is 3.15. The van der Waals surface area contributed by atoms with Crippen molar-refractivity contribution in [3.05, 3.63) is 83.8 Å². The van der Waals surface area contributed by atoms with Crippen LogP contribution in [0.2, 0.25) is 0 Å². The van der Waals surface area contributed by atoms with Crippen LogP contribution < -0.4 is 5.32 Å². The number of hydrogen-bond acceptors (Lipinski definition) is 5. The average molecular weight is 374 g/mol. The second-order valence-corrected chi connectivity index (χ2v) is 6.52. The molecule has 0 unspecified atom stereocenters. The van der Waals surface area contributed by atoms with Crippen molar-refractivity contribution >= 4 is 23.2 Å². The van der Waals surface area contributed by atoms with Gasteiger partial charge in [0.2, 0.25) is 0 Å². The maximum absolute atomic E-state index is 12.7. The van der Waals surface area contributed by atoms with Gasteiger partial charge in [-0.2, -0.15) is 0 Å². The van der Waals surface area contributed by atoms with Crippen LogP contribution in [0.3, 0.4) is 0 Å². The average Bonchev–Trinajstić information content (AvgIpc) is 2.72. The van der Waals surface area contributed by atoms with Crippen molar-refractivity contribution in [2.24, 2.45) is 0 Å². The second-order valence-electron chi connectivity index (χ2n) is 6.52. The molecule has 142 valence electrons. The highest BCUT2D eigenvalue weighted by Crippen LogP contribution is 2.18. The maximum Gasteiger partial charge on any atom is 0.253 e. The predicted octanol–water partition coefficient (Wildman–Crippen LogP) is 3.74. The number of likely N-dealkylation sites (N-methyl/N-ethyl adjacent to an activating group) is 1. The van der Waals surface area contributed by atoms with Crippen LogP contribution in [-0.4, -0.2) is 40.2 Å². The zero-order chi connectivity index (χ0) is 19.9. The van der Waals surface area contributed by atoms with Crippen LogP contribution in [0.4, 0.5) is 11.5 Å². The highest BCUT2D eigenvalue weighted by atomic mass is 16.2. The van der Waals surface area contributed by atoms with Crippen LogP contribution in [0.15, 0.2) is 67.1 Å². The molecule has 0 spiro atoms. The molecule has 0 saturated carbocycles. The van der Waals surface area contributed by atoms with E-state index in [1.165, 1.54) is 6.92 Å². The largest absolute Gasteiger partial charge is 0.341 e. The Bertz CT molecular complexity index is 973. The third-order valence-electron chi connectivity index (χ3n) is 4.38. The molecule has 1 aromatic carbocycles. The van der Waals surface area contributed by atoms with Crippen molar-refractivity contribution in [1.82, 2.24) is 14.9 Å². The summed E-state index contributed by atoms with van der Waals surface area (Å²) in [4.78, 5) is 34.2. The number of nitrogens with zero attached hydrogens (tertiary/aromatic N) is 3. The fraction of sp³-hybridized carbons (Fsp3) is 0.182. The lowest BCUT2D eigenvalue weighted by molar-refractivity contribution is 0.0796. The van der Waals surface area contributed by atoms with Crippen LogP contribution in [0.5, 0.6) is 0 Å². The molecule has 6 heteroatoms. The van der Waals surface area contributed by atoms with Gasteiger partial charge in [-0.25, -0.2) is 4.98 Å². The van der Waals surface area contributed by atoms with E-state index in [1.807, 2.05) is 18.2 Å². The lowest BCUT2D eigenvalue weighted by Gasteiger charge is -2.17. The monoisotopic (exact) mass is 374 g/mol. The molecule has 1 amide bonds. The Morgan fingerprint density at radius 1 is 1.00 bits per heavy atom. The molecule has 3 rings (SSSR count). The number of amides is 1. The molecule has 0 aliphatic carbocycles. The third-order valence-corrected chi connectivity index (χ3v) is 4.38. The van der Waals surface area contributed by atoms with Gasteiger partial charge < -0.3 is 10.2 Å². The van der Waals surface area contributed by atoms with Crippen molar-refractivity contribution in [3.63, 3.8) is 0 Å². The molecule has 1 N–H and O–H groups in total.